The highest BCUT2D eigenvalue weighted by Gasteiger charge is 2.28. The Labute approximate surface area is 146 Å². The summed E-state index contributed by atoms with van der Waals surface area (Å²) in [6, 6.07) is 5.60. The molecular weight excluding hydrogens is 322 g/mol. The van der Waals surface area contributed by atoms with Gasteiger partial charge in [0.1, 0.15) is 12.1 Å². The Hall–Kier alpha value is -2.90. The highest BCUT2D eigenvalue weighted by Crippen LogP contribution is 2.36. The van der Waals surface area contributed by atoms with Gasteiger partial charge in [0.15, 0.2) is 0 Å². The monoisotopic (exact) mass is 343 g/mol. The second-order valence-corrected chi connectivity index (χ2v) is 6.03. The van der Waals surface area contributed by atoms with Crippen molar-refractivity contribution in [3.05, 3.63) is 40.2 Å². The number of aromatic nitrogens is 2. The van der Waals surface area contributed by atoms with E-state index < -0.39 is 4.92 Å². The van der Waals surface area contributed by atoms with Gasteiger partial charge in [0.2, 0.25) is 11.6 Å². The summed E-state index contributed by atoms with van der Waals surface area (Å²) in [5.74, 6) is 1.14. The second kappa shape index (κ2) is 7.33. The molecule has 8 nitrogen and oxygen atoms in total. The second-order valence-electron chi connectivity index (χ2n) is 6.03. The fourth-order valence-corrected chi connectivity index (χ4v) is 3.01. The maximum atomic E-state index is 11.7. The molecule has 3 rings (SSSR count). The van der Waals surface area contributed by atoms with Crippen LogP contribution in [0.15, 0.2) is 24.5 Å². The van der Waals surface area contributed by atoms with Crippen molar-refractivity contribution in [2.24, 2.45) is 0 Å². The third kappa shape index (κ3) is 3.62. The number of nitrogens with one attached hydrogen (secondary N) is 1. The van der Waals surface area contributed by atoms with Gasteiger partial charge in [-0.2, -0.15) is 0 Å². The highest BCUT2D eigenvalue weighted by molar-refractivity contribution is 5.76. The molecule has 1 fully saturated rings. The average molecular weight is 343 g/mol. The van der Waals surface area contributed by atoms with Crippen LogP contribution in [0.5, 0.6) is 5.75 Å². The first-order valence-electron chi connectivity index (χ1n) is 8.26. The van der Waals surface area contributed by atoms with Crippen molar-refractivity contribution in [2.75, 3.05) is 30.4 Å². The first-order valence-corrected chi connectivity index (χ1v) is 8.26. The highest BCUT2D eigenvalue weighted by atomic mass is 16.6. The van der Waals surface area contributed by atoms with Gasteiger partial charge >= 0.3 is 5.69 Å². The zero-order chi connectivity index (χ0) is 17.8. The third-order valence-corrected chi connectivity index (χ3v) is 4.25. The molecule has 0 atom stereocenters. The predicted molar refractivity (Wildman–Crippen MR) is 95.8 cm³/mol. The molecule has 1 aromatic carbocycles. The van der Waals surface area contributed by atoms with Gasteiger partial charge in [-0.25, -0.2) is 9.97 Å². The van der Waals surface area contributed by atoms with Gasteiger partial charge in [-0.3, -0.25) is 10.1 Å². The Bertz CT molecular complexity index is 775. The van der Waals surface area contributed by atoms with Gasteiger partial charge < -0.3 is 15.0 Å². The topological polar surface area (TPSA) is 93.4 Å². The number of anilines is 3. The van der Waals surface area contributed by atoms with Crippen LogP contribution in [0.4, 0.5) is 23.0 Å². The first kappa shape index (κ1) is 16.9. The molecule has 1 aliphatic rings. The van der Waals surface area contributed by atoms with Crippen molar-refractivity contribution in [3.8, 4) is 5.75 Å². The molecule has 0 unspecified atom stereocenters. The van der Waals surface area contributed by atoms with Crippen LogP contribution in [0.25, 0.3) is 0 Å². The molecule has 0 bridgehead atoms. The van der Waals surface area contributed by atoms with E-state index in [4.69, 9.17) is 4.74 Å². The van der Waals surface area contributed by atoms with E-state index in [0.717, 1.165) is 37.9 Å². The molecule has 2 heterocycles. The number of hydrogen-bond donors (Lipinski definition) is 1. The number of piperidine rings is 1. The predicted octanol–water partition coefficient (Wildman–Crippen LogP) is 3.44. The lowest BCUT2D eigenvalue weighted by atomic mass is 10.1. The molecule has 1 aromatic heterocycles. The Morgan fingerprint density at radius 2 is 2.00 bits per heavy atom. The number of nitro groups is 1. The number of rotatable bonds is 5. The smallest absolute Gasteiger partial charge is 0.353 e. The van der Waals surface area contributed by atoms with E-state index in [1.54, 1.807) is 7.11 Å². The van der Waals surface area contributed by atoms with Gasteiger partial charge in [0.05, 0.1) is 17.7 Å². The van der Waals surface area contributed by atoms with Crippen molar-refractivity contribution in [2.45, 2.75) is 26.2 Å². The third-order valence-electron chi connectivity index (χ3n) is 4.25. The van der Waals surface area contributed by atoms with Crippen LogP contribution in [0.1, 0.15) is 24.8 Å². The largest absolute Gasteiger partial charge is 0.495 e. The summed E-state index contributed by atoms with van der Waals surface area (Å²) in [4.78, 5) is 21.6. The molecule has 8 heteroatoms. The van der Waals surface area contributed by atoms with Crippen molar-refractivity contribution in [3.63, 3.8) is 0 Å². The minimum atomic E-state index is -0.422. The molecule has 0 aliphatic carbocycles. The van der Waals surface area contributed by atoms with Crippen LogP contribution < -0.4 is 15.0 Å². The van der Waals surface area contributed by atoms with E-state index in [0.29, 0.717) is 17.3 Å². The Morgan fingerprint density at radius 1 is 1.24 bits per heavy atom. The van der Waals surface area contributed by atoms with Gasteiger partial charge in [-0.05, 0) is 43.9 Å². The maximum Gasteiger partial charge on any atom is 0.353 e. The van der Waals surface area contributed by atoms with E-state index in [9.17, 15) is 10.1 Å². The van der Waals surface area contributed by atoms with Crippen LogP contribution in [0.2, 0.25) is 0 Å². The molecular formula is C17H21N5O3. The lowest BCUT2D eigenvalue weighted by Crippen LogP contribution is -2.31. The maximum absolute atomic E-state index is 11.7. The van der Waals surface area contributed by atoms with Crippen molar-refractivity contribution < 1.29 is 9.66 Å². The molecule has 0 saturated carbocycles. The van der Waals surface area contributed by atoms with Crippen molar-refractivity contribution in [1.29, 1.82) is 0 Å². The number of hydrogen-bond acceptors (Lipinski definition) is 7. The van der Waals surface area contributed by atoms with Crippen LogP contribution in [-0.4, -0.2) is 35.1 Å². The van der Waals surface area contributed by atoms with Crippen molar-refractivity contribution in [1.82, 2.24) is 9.97 Å². The minimum absolute atomic E-state index is 0.104. The summed E-state index contributed by atoms with van der Waals surface area (Å²) in [6.45, 7) is 3.48. The molecule has 132 valence electrons. The Morgan fingerprint density at radius 3 is 2.68 bits per heavy atom. The zero-order valence-electron chi connectivity index (χ0n) is 14.4. The fraction of sp³-hybridized carbons (Fsp3) is 0.412. The first-order chi connectivity index (χ1) is 12.1. The van der Waals surface area contributed by atoms with Crippen molar-refractivity contribution >= 4 is 23.0 Å². The van der Waals surface area contributed by atoms with E-state index >= 15 is 0 Å². The number of benzene rings is 1. The molecule has 0 radical (unpaired) electrons. The van der Waals surface area contributed by atoms with Gasteiger partial charge in [-0.1, -0.05) is 6.07 Å². The summed E-state index contributed by atoms with van der Waals surface area (Å²) >= 11 is 0. The van der Waals surface area contributed by atoms with E-state index in [2.05, 4.69) is 15.3 Å². The van der Waals surface area contributed by atoms with E-state index in [1.807, 2.05) is 30.0 Å². The fourth-order valence-electron chi connectivity index (χ4n) is 3.01. The van der Waals surface area contributed by atoms with Crippen LogP contribution in [-0.2, 0) is 0 Å². The van der Waals surface area contributed by atoms with Gasteiger partial charge in [0, 0.05) is 13.1 Å². The SMILES string of the molecule is COc1ccc(C)cc1Nc1ncnc(N2CCCCC2)c1[N+](=O)[O-]. The summed E-state index contributed by atoms with van der Waals surface area (Å²) in [5.41, 5.74) is 1.54. The summed E-state index contributed by atoms with van der Waals surface area (Å²) < 4.78 is 5.33. The summed E-state index contributed by atoms with van der Waals surface area (Å²) in [5, 5.41) is 14.8. The Kier molecular flexibility index (Phi) is 4.97. The minimum Gasteiger partial charge on any atom is -0.495 e. The quantitative estimate of drug-likeness (QED) is 0.656. The Balaban J connectivity index is 2.01. The molecule has 2 aromatic rings. The number of nitrogens with zero attached hydrogens (tertiary/aromatic N) is 4. The zero-order valence-corrected chi connectivity index (χ0v) is 14.4. The summed E-state index contributed by atoms with van der Waals surface area (Å²) in [7, 11) is 1.56. The molecule has 0 amide bonds. The molecule has 1 aliphatic heterocycles. The average Bonchev–Trinajstić information content (AvgIpc) is 2.62. The van der Waals surface area contributed by atoms with Crippen LogP contribution >= 0.6 is 0 Å². The number of methoxy groups -OCH3 is 1. The standard InChI is InChI=1S/C17H21N5O3/c1-12-6-7-14(25-2)13(10-12)20-16-15(22(23)24)17(19-11-18-16)21-8-4-3-5-9-21/h6-7,10-11H,3-5,8-9H2,1-2H3,(H,18,19,20). The summed E-state index contributed by atoms with van der Waals surface area (Å²) in [6.07, 6.45) is 4.52. The van der Waals surface area contributed by atoms with Gasteiger partial charge in [-0.15, -0.1) is 0 Å². The van der Waals surface area contributed by atoms with E-state index in [1.165, 1.54) is 6.33 Å². The van der Waals surface area contributed by atoms with Gasteiger partial charge in [0.25, 0.3) is 0 Å². The molecule has 25 heavy (non-hydrogen) atoms. The van der Waals surface area contributed by atoms with Crippen LogP contribution in [0, 0.1) is 17.0 Å². The lowest BCUT2D eigenvalue weighted by molar-refractivity contribution is -0.383. The molecule has 1 saturated heterocycles. The van der Waals surface area contributed by atoms with E-state index in [-0.39, 0.29) is 11.5 Å². The molecule has 0 spiro atoms. The number of ether oxygens (including phenoxy) is 1. The molecule has 1 N–H and O–H groups in total. The van der Waals surface area contributed by atoms with Crippen LogP contribution in [0.3, 0.4) is 0 Å². The lowest BCUT2D eigenvalue weighted by Gasteiger charge is -2.27. The normalized spacial score (nSPS) is 14.2. The number of aryl methyl sites for hydroxylation is 1.